The second-order valence-electron chi connectivity index (χ2n) is 5.57. The molecule has 0 heterocycles. The topological polar surface area (TPSA) is 89.3 Å². The SMILES string of the molecule is CNC(C)C(c1cccc(S(C)(=O)=O)c1[N+](=O)[O-])C(C)C. The molecule has 0 aliphatic heterocycles. The number of sulfone groups is 1. The molecule has 1 aromatic carbocycles. The fourth-order valence-corrected chi connectivity index (χ4v) is 3.56. The third kappa shape index (κ3) is 3.79. The predicted octanol–water partition coefficient (Wildman–Crippen LogP) is 2.35. The van der Waals surface area contributed by atoms with Crippen molar-refractivity contribution in [1.29, 1.82) is 0 Å². The Labute approximate surface area is 125 Å². The Morgan fingerprint density at radius 2 is 1.81 bits per heavy atom. The second-order valence-corrected chi connectivity index (χ2v) is 7.55. The number of nitrogens with one attached hydrogen (secondary N) is 1. The molecular formula is C14H22N2O4S. The first kappa shape index (κ1) is 17.6. The molecule has 0 amide bonds. The van der Waals surface area contributed by atoms with Crippen LogP contribution in [0.25, 0.3) is 0 Å². The standard InChI is InChI=1S/C14H22N2O4S/c1-9(2)13(10(3)15-4)11-7-6-8-12(21(5,19)20)14(11)16(17)18/h6-10,13,15H,1-5H3. The van der Waals surface area contributed by atoms with Crippen molar-refractivity contribution in [2.45, 2.75) is 37.6 Å². The van der Waals surface area contributed by atoms with Gasteiger partial charge in [0.05, 0.1) is 4.92 Å². The van der Waals surface area contributed by atoms with Crippen LogP contribution < -0.4 is 5.32 Å². The first-order chi connectivity index (χ1) is 9.61. The average molecular weight is 314 g/mol. The molecule has 1 N–H and O–H groups in total. The number of nitrogens with zero attached hydrogens (tertiary/aromatic N) is 1. The van der Waals surface area contributed by atoms with E-state index in [-0.39, 0.29) is 28.5 Å². The minimum atomic E-state index is -3.65. The molecule has 118 valence electrons. The summed E-state index contributed by atoms with van der Waals surface area (Å²) < 4.78 is 23.6. The smallest absolute Gasteiger partial charge is 0.291 e. The highest BCUT2D eigenvalue weighted by Gasteiger charge is 2.33. The van der Waals surface area contributed by atoms with Gasteiger partial charge in [-0.05, 0) is 26.0 Å². The van der Waals surface area contributed by atoms with Gasteiger partial charge in [-0.15, -0.1) is 0 Å². The van der Waals surface area contributed by atoms with Gasteiger partial charge in [-0.1, -0.05) is 26.0 Å². The predicted molar refractivity (Wildman–Crippen MR) is 82.3 cm³/mol. The summed E-state index contributed by atoms with van der Waals surface area (Å²) in [6, 6.07) is 4.48. The summed E-state index contributed by atoms with van der Waals surface area (Å²) >= 11 is 0. The number of rotatable bonds is 6. The van der Waals surface area contributed by atoms with Crippen molar-refractivity contribution >= 4 is 15.5 Å². The van der Waals surface area contributed by atoms with Gasteiger partial charge in [0.15, 0.2) is 9.84 Å². The van der Waals surface area contributed by atoms with E-state index in [9.17, 15) is 18.5 Å². The number of likely N-dealkylation sites (N-methyl/N-ethyl adjacent to an activating group) is 1. The van der Waals surface area contributed by atoms with E-state index in [0.717, 1.165) is 6.26 Å². The number of nitro benzene ring substituents is 1. The summed E-state index contributed by atoms with van der Waals surface area (Å²) in [6.07, 6.45) is 0.991. The minimum Gasteiger partial charge on any atom is -0.317 e. The van der Waals surface area contributed by atoms with Crippen molar-refractivity contribution in [2.75, 3.05) is 13.3 Å². The summed E-state index contributed by atoms with van der Waals surface area (Å²) in [6.45, 7) is 5.87. The lowest BCUT2D eigenvalue weighted by molar-refractivity contribution is -0.388. The Morgan fingerprint density at radius 1 is 1.24 bits per heavy atom. The molecule has 1 rings (SSSR count). The third-order valence-electron chi connectivity index (χ3n) is 3.68. The van der Waals surface area contributed by atoms with Crippen molar-refractivity contribution < 1.29 is 13.3 Å². The van der Waals surface area contributed by atoms with Crippen molar-refractivity contribution in [3.8, 4) is 0 Å². The van der Waals surface area contributed by atoms with Gasteiger partial charge in [-0.3, -0.25) is 10.1 Å². The van der Waals surface area contributed by atoms with Crippen LogP contribution in [0, 0.1) is 16.0 Å². The van der Waals surface area contributed by atoms with E-state index >= 15 is 0 Å². The van der Waals surface area contributed by atoms with Crippen molar-refractivity contribution in [2.24, 2.45) is 5.92 Å². The van der Waals surface area contributed by atoms with Gasteiger partial charge in [0.25, 0.3) is 5.69 Å². The normalized spacial score (nSPS) is 15.0. The van der Waals surface area contributed by atoms with Crippen molar-refractivity contribution in [3.63, 3.8) is 0 Å². The van der Waals surface area contributed by atoms with Crippen molar-refractivity contribution in [3.05, 3.63) is 33.9 Å². The van der Waals surface area contributed by atoms with E-state index < -0.39 is 14.8 Å². The summed E-state index contributed by atoms with van der Waals surface area (Å²) in [4.78, 5) is 10.6. The second kappa shape index (κ2) is 6.53. The van der Waals surface area contributed by atoms with Crippen LogP contribution in [-0.4, -0.2) is 32.7 Å². The molecular weight excluding hydrogens is 292 g/mol. The molecule has 0 fully saturated rings. The summed E-state index contributed by atoms with van der Waals surface area (Å²) in [5.74, 6) is -0.0296. The largest absolute Gasteiger partial charge is 0.317 e. The molecule has 0 spiro atoms. The zero-order chi connectivity index (χ0) is 16.4. The fraction of sp³-hybridized carbons (Fsp3) is 0.571. The molecule has 0 saturated carbocycles. The number of benzene rings is 1. The lowest BCUT2D eigenvalue weighted by Gasteiger charge is -2.27. The molecule has 7 heteroatoms. The minimum absolute atomic E-state index is 0.0153. The van der Waals surface area contributed by atoms with Crippen LogP contribution in [-0.2, 0) is 9.84 Å². The molecule has 6 nitrogen and oxygen atoms in total. The van der Waals surface area contributed by atoms with Gasteiger partial charge in [-0.25, -0.2) is 8.42 Å². The molecule has 2 unspecified atom stereocenters. The highest BCUT2D eigenvalue weighted by Crippen LogP contribution is 2.37. The van der Waals surface area contributed by atoms with Crippen LogP contribution in [0.3, 0.4) is 0 Å². The maximum absolute atomic E-state index is 11.8. The zero-order valence-electron chi connectivity index (χ0n) is 13.0. The maximum Gasteiger partial charge on any atom is 0.291 e. The van der Waals surface area contributed by atoms with E-state index in [2.05, 4.69) is 5.32 Å². The van der Waals surface area contributed by atoms with Crippen LogP contribution in [0.4, 0.5) is 5.69 Å². The molecule has 0 aliphatic rings. The molecule has 0 aliphatic carbocycles. The number of nitro groups is 1. The van der Waals surface area contributed by atoms with Crippen molar-refractivity contribution in [1.82, 2.24) is 5.32 Å². The quantitative estimate of drug-likeness (QED) is 0.643. The number of hydrogen-bond donors (Lipinski definition) is 1. The Balaban J connectivity index is 3.66. The summed E-state index contributed by atoms with van der Waals surface area (Å²) in [5.41, 5.74) is 0.153. The molecule has 2 atom stereocenters. The van der Waals surface area contributed by atoms with E-state index in [4.69, 9.17) is 0 Å². The van der Waals surface area contributed by atoms with Gasteiger partial charge < -0.3 is 5.32 Å². The highest BCUT2D eigenvalue weighted by molar-refractivity contribution is 7.90. The number of para-hydroxylation sites is 1. The van der Waals surface area contributed by atoms with Crippen LogP contribution in [0.5, 0.6) is 0 Å². The van der Waals surface area contributed by atoms with Crippen LogP contribution in [0.1, 0.15) is 32.3 Å². The monoisotopic (exact) mass is 314 g/mol. The third-order valence-corrected chi connectivity index (χ3v) is 4.81. The van der Waals surface area contributed by atoms with Crippen LogP contribution in [0.2, 0.25) is 0 Å². The zero-order valence-corrected chi connectivity index (χ0v) is 13.8. The molecule has 21 heavy (non-hydrogen) atoms. The summed E-state index contributed by atoms with van der Waals surface area (Å²) in [5, 5.41) is 14.5. The van der Waals surface area contributed by atoms with Gasteiger partial charge in [0, 0.05) is 23.8 Å². The fourth-order valence-electron chi connectivity index (χ4n) is 2.69. The molecule has 0 aromatic heterocycles. The Hall–Kier alpha value is -1.47. The van der Waals surface area contributed by atoms with Crippen LogP contribution >= 0.6 is 0 Å². The maximum atomic E-state index is 11.8. The molecule has 1 aromatic rings. The van der Waals surface area contributed by atoms with E-state index in [1.165, 1.54) is 6.07 Å². The molecule has 0 bridgehead atoms. The van der Waals surface area contributed by atoms with E-state index in [1.54, 1.807) is 19.2 Å². The Kier molecular flexibility index (Phi) is 5.47. The van der Waals surface area contributed by atoms with Gasteiger partial charge in [0.1, 0.15) is 4.90 Å². The number of hydrogen-bond acceptors (Lipinski definition) is 5. The van der Waals surface area contributed by atoms with Gasteiger partial charge in [-0.2, -0.15) is 0 Å². The molecule has 0 radical (unpaired) electrons. The first-order valence-corrected chi connectivity index (χ1v) is 8.65. The van der Waals surface area contributed by atoms with E-state index in [1.807, 2.05) is 20.8 Å². The van der Waals surface area contributed by atoms with Crippen LogP contribution in [0.15, 0.2) is 23.1 Å². The lowest BCUT2D eigenvalue weighted by atomic mass is 9.82. The average Bonchev–Trinajstić information content (AvgIpc) is 2.36. The van der Waals surface area contributed by atoms with Gasteiger partial charge in [0.2, 0.25) is 0 Å². The highest BCUT2D eigenvalue weighted by atomic mass is 32.2. The first-order valence-electron chi connectivity index (χ1n) is 6.75. The van der Waals surface area contributed by atoms with E-state index in [0.29, 0.717) is 5.56 Å². The Bertz CT molecular complexity index is 626. The summed E-state index contributed by atoms with van der Waals surface area (Å²) in [7, 11) is -1.87. The molecule has 0 saturated heterocycles. The Morgan fingerprint density at radius 3 is 2.19 bits per heavy atom. The van der Waals surface area contributed by atoms with Gasteiger partial charge >= 0.3 is 0 Å². The lowest BCUT2D eigenvalue weighted by Crippen LogP contribution is -2.32.